The lowest BCUT2D eigenvalue weighted by atomic mass is 9.75. The van der Waals surface area contributed by atoms with Crippen LogP contribution in [0.15, 0.2) is 59.9 Å². The van der Waals surface area contributed by atoms with Gasteiger partial charge in [0.2, 0.25) is 29.5 Å². The Balaban J connectivity index is 0.913. The van der Waals surface area contributed by atoms with Crippen molar-refractivity contribution in [2.75, 3.05) is 39.5 Å². The predicted octanol–water partition coefficient (Wildman–Crippen LogP) is 2.25. The quantitative estimate of drug-likeness (QED) is 0.0215. The summed E-state index contributed by atoms with van der Waals surface area (Å²) in [6.07, 6.45) is 5.13. The van der Waals surface area contributed by atoms with E-state index in [9.17, 15) is 38.4 Å². The maximum atomic E-state index is 15.6. The normalized spacial score (nSPS) is 18.0. The third kappa shape index (κ3) is 11.6. The van der Waals surface area contributed by atoms with E-state index in [0.717, 1.165) is 29.5 Å². The first-order valence-corrected chi connectivity index (χ1v) is 25.5. The van der Waals surface area contributed by atoms with Gasteiger partial charge in [0, 0.05) is 42.2 Å². The number of hydrogen-bond donors (Lipinski definition) is 7. The SMILES string of the molecule is C=C[C@]1(CC)C(=O)OCc2c1cc1n(c2=O)Cc2c-1nc1cc(F)c(C)c3c1c2[C@@H](NC(=O)C(OCNC(=O)CNC(=O)[C@H](Cc1ccccc1)NC(=O)CNC(=O)CNCCCNC(C)=O)SC1CC1)CC3. The van der Waals surface area contributed by atoms with Crippen LogP contribution in [0, 0.1) is 12.7 Å². The summed E-state index contributed by atoms with van der Waals surface area (Å²) >= 11 is 1.33. The minimum absolute atomic E-state index is 0.0547. The van der Waals surface area contributed by atoms with Gasteiger partial charge in [-0.1, -0.05) is 43.3 Å². The van der Waals surface area contributed by atoms with Crippen LogP contribution in [-0.4, -0.2) is 107 Å². The second kappa shape index (κ2) is 22.8. The van der Waals surface area contributed by atoms with Crippen LogP contribution < -0.4 is 42.8 Å². The number of aromatic nitrogens is 2. The number of ether oxygens (including phenoxy) is 2. The summed E-state index contributed by atoms with van der Waals surface area (Å²) in [5.41, 5.74) is 2.94. The van der Waals surface area contributed by atoms with Crippen molar-refractivity contribution >= 4 is 64.1 Å². The van der Waals surface area contributed by atoms with Gasteiger partial charge in [-0.15, -0.1) is 18.3 Å². The lowest BCUT2D eigenvalue weighted by Crippen LogP contribution is -2.52. The first-order chi connectivity index (χ1) is 35.1. The third-order valence-corrected chi connectivity index (χ3v) is 15.2. The fraction of sp³-hybridized carbons (Fsp3) is 0.442. The third-order valence-electron chi connectivity index (χ3n) is 13.7. The monoisotopic (exact) mass is 1020 g/mol. The number of aryl methyl sites for hydroxylation is 1. The Kier molecular flexibility index (Phi) is 16.4. The number of rotatable bonds is 23. The Bertz CT molecular complexity index is 2930. The largest absolute Gasteiger partial charge is 0.460 e. The molecular formula is C52H60FN9O10S. The molecule has 4 heterocycles. The van der Waals surface area contributed by atoms with E-state index >= 15 is 4.39 Å². The van der Waals surface area contributed by atoms with Crippen molar-refractivity contribution in [2.45, 2.75) is 107 Å². The smallest absolute Gasteiger partial charge is 0.320 e. The Labute approximate surface area is 424 Å². The van der Waals surface area contributed by atoms with E-state index in [0.29, 0.717) is 83.3 Å². The number of halogens is 1. The van der Waals surface area contributed by atoms with Gasteiger partial charge in [-0.3, -0.25) is 38.4 Å². The van der Waals surface area contributed by atoms with Crippen LogP contribution in [0.25, 0.3) is 22.3 Å². The van der Waals surface area contributed by atoms with Gasteiger partial charge in [0.1, 0.15) is 30.6 Å². The van der Waals surface area contributed by atoms with E-state index in [1.807, 2.05) is 13.0 Å². The summed E-state index contributed by atoms with van der Waals surface area (Å²) in [4.78, 5) is 110. The average Bonchev–Trinajstić information content (AvgIpc) is 4.13. The van der Waals surface area contributed by atoms with Gasteiger partial charge in [0.15, 0.2) is 5.44 Å². The number of esters is 1. The van der Waals surface area contributed by atoms with Crippen molar-refractivity contribution in [3.8, 4) is 11.4 Å². The summed E-state index contributed by atoms with van der Waals surface area (Å²) in [5, 5.41) is 20.0. The van der Waals surface area contributed by atoms with E-state index in [1.165, 1.54) is 30.8 Å². The zero-order valence-corrected chi connectivity index (χ0v) is 41.8. The van der Waals surface area contributed by atoms with Gasteiger partial charge in [0.05, 0.1) is 54.7 Å². The molecule has 2 aromatic heterocycles. The number of nitrogens with zero attached hydrogens (tertiary/aromatic N) is 2. The van der Waals surface area contributed by atoms with Crippen molar-refractivity contribution in [3.05, 3.63) is 110 Å². The Hall–Kier alpha value is -6.97. The van der Waals surface area contributed by atoms with Crippen LogP contribution >= 0.6 is 11.8 Å². The number of nitrogens with one attached hydrogen (secondary N) is 7. The second-order valence-corrected chi connectivity index (χ2v) is 20.0. The molecule has 0 bridgehead atoms. The fourth-order valence-electron chi connectivity index (χ4n) is 9.65. The van der Waals surface area contributed by atoms with E-state index in [4.69, 9.17) is 14.5 Å². The molecule has 0 radical (unpaired) electrons. The molecule has 4 atom stereocenters. The molecule has 1 saturated carbocycles. The summed E-state index contributed by atoms with van der Waals surface area (Å²) < 4.78 is 28.7. The highest BCUT2D eigenvalue weighted by atomic mass is 32.2. The highest BCUT2D eigenvalue weighted by Gasteiger charge is 2.45. The highest BCUT2D eigenvalue weighted by molar-refractivity contribution is 8.01. The topological polar surface area (TPSA) is 257 Å². The second-order valence-electron chi connectivity index (χ2n) is 18.6. The first-order valence-electron chi connectivity index (χ1n) is 24.5. The van der Waals surface area contributed by atoms with Gasteiger partial charge >= 0.3 is 5.97 Å². The number of benzene rings is 2. The molecule has 386 valence electrons. The number of carbonyl (C=O) groups excluding carboxylic acids is 7. The number of pyridine rings is 2. The number of amides is 6. The molecule has 1 unspecified atom stereocenters. The first kappa shape index (κ1) is 52.4. The van der Waals surface area contributed by atoms with Crippen molar-refractivity contribution in [2.24, 2.45) is 0 Å². The van der Waals surface area contributed by atoms with Crippen molar-refractivity contribution in [1.82, 2.24) is 46.8 Å². The van der Waals surface area contributed by atoms with Crippen LogP contribution in [0.2, 0.25) is 0 Å². The van der Waals surface area contributed by atoms with Gasteiger partial charge in [-0.25, -0.2) is 9.37 Å². The molecule has 0 spiro atoms. The van der Waals surface area contributed by atoms with E-state index in [-0.39, 0.29) is 49.6 Å². The van der Waals surface area contributed by atoms with Gasteiger partial charge in [0.25, 0.3) is 11.5 Å². The number of carbonyl (C=O) groups is 7. The molecule has 4 aromatic rings. The highest BCUT2D eigenvalue weighted by Crippen LogP contribution is 2.47. The Morgan fingerprint density at radius 3 is 2.42 bits per heavy atom. The number of cyclic esters (lactones) is 1. The van der Waals surface area contributed by atoms with Crippen LogP contribution in [0.4, 0.5) is 4.39 Å². The number of thioether (sulfide) groups is 1. The molecule has 4 aliphatic rings. The molecule has 6 amide bonds. The lowest BCUT2D eigenvalue weighted by Gasteiger charge is -2.33. The van der Waals surface area contributed by atoms with Crippen LogP contribution in [0.3, 0.4) is 0 Å². The average molecular weight is 1020 g/mol. The van der Waals surface area contributed by atoms with Gasteiger partial charge < -0.3 is 51.3 Å². The van der Waals surface area contributed by atoms with Crippen molar-refractivity contribution in [3.63, 3.8) is 0 Å². The lowest BCUT2D eigenvalue weighted by molar-refractivity contribution is -0.152. The summed E-state index contributed by atoms with van der Waals surface area (Å²) in [6.45, 7) is 8.44. The van der Waals surface area contributed by atoms with E-state index < -0.39 is 77.3 Å². The van der Waals surface area contributed by atoms with Gasteiger partial charge in [-0.2, -0.15) is 0 Å². The van der Waals surface area contributed by atoms with Crippen molar-refractivity contribution < 1.29 is 47.4 Å². The molecule has 8 rings (SSSR count). The van der Waals surface area contributed by atoms with Crippen molar-refractivity contribution in [1.29, 1.82) is 0 Å². The molecular weight excluding hydrogens is 962 g/mol. The summed E-state index contributed by atoms with van der Waals surface area (Å²) in [7, 11) is 0. The molecule has 1 fully saturated rings. The standard InChI is InChI=1S/C52H60FN9O10S/c1-5-52(6-2)35-20-40-46-33(25-62(40)49(69)34(35)26-71-51(52)70)45-37(16-15-32-28(3)36(53)21-38(60-46)44(32)45)61-48(68)50(73-31-13-14-31)72-27-58-42(65)23-57-47(67)39(19-30-11-8-7-9-12-30)59-43(66)24-56-41(64)22-54-17-10-18-55-29(4)63/h5,7-9,11-12,20-21,31,37,39,50,54H,1,6,10,13-19,22-27H2,2-4H3,(H,55,63)(H,56,64)(H,57,67)(H,58,65)(H,59,66)(H,61,68)/t37-,39-,50?,52+/m0/s1. The minimum Gasteiger partial charge on any atom is -0.460 e. The van der Waals surface area contributed by atoms with Crippen LogP contribution in [-0.2, 0) is 74.4 Å². The molecule has 2 aliphatic carbocycles. The molecule has 73 heavy (non-hydrogen) atoms. The van der Waals surface area contributed by atoms with E-state index in [1.54, 1.807) is 41.8 Å². The number of fused-ring (bicyclic) bond motifs is 5. The van der Waals surface area contributed by atoms with Crippen LogP contribution in [0.1, 0.15) is 90.9 Å². The Morgan fingerprint density at radius 2 is 1.70 bits per heavy atom. The summed E-state index contributed by atoms with van der Waals surface area (Å²) in [5.74, 6) is -3.84. The zero-order valence-electron chi connectivity index (χ0n) is 41.0. The van der Waals surface area contributed by atoms with Crippen LogP contribution in [0.5, 0.6) is 0 Å². The van der Waals surface area contributed by atoms with Gasteiger partial charge in [-0.05, 0) is 85.9 Å². The minimum atomic E-state index is -1.24. The molecule has 19 nitrogen and oxygen atoms in total. The maximum absolute atomic E-state index is 15.6. The summed E-state index contributed by atoms with van der Waals surface area (Å²) in [6, 6.07) is 10.4. The molecule has 7 N–H and O–H groups in total. The molecule has 21 heteroatoms. The zero-order chi connectivity index (χ0) is 52.0. The fourth-order valence-corrected chi connectivity index (χ4v) is 10.7. The Morgan fingerprint density at radius 1 is 0.945 bits per heavy atom. The molecule has 2 aliphatic heterocycles. The predicted molar refractivity (Wildman–Crippen MR) is 269 cm³/mol. The number of hydrogen-bond acceptors (Lipinski definition) is 13. The molecule has 2 aromatic carbocycles. The molecule has 0 saturated heterocycles. The maximum Gasteiger partial charge on any atom is 0.320 e. The van der Waals surface area contributed by atoms with E-state index in [2.05, 4.69) is 43.8 Å².